The summed E-state index contributed by atoms with van der Waals surface area (Å²) in [5.41, 5.74) is 0. The van der Waals surface area contributed by atoms with Crippen molar-refractivity contribution < 1.29 is 26.8 Å². The van der Waals surface area contributed by atoms with E-state index in [9.17, 15) is 8.42 Å². The van der Waals surface area contributed by atoms with Crippen LogP contribution < -0.4 is 14.2 Å². The third-order valence-corrected chi connectivity index (χ3v) is 3.87. The third-order valence-electron chi connectivity index (χ3n) is 2.33. The van der Waals surface area contributed by atoms with Crippen molar-refractivity contribution in [2.45, 2.75) is 24.8 Å². The maximum atomic E-state index is 12.3. The number of hydrogen-bond acceptors (Lipinski definition) is 6. The summed E-state index contributed by atoms with van der Waals surface area (Å²) in [4.78, 5) is -0.186. The van der Waals surface area contributed by atoms with Gasteiger partial charge in [0.1, 0.15) is 23.9 Å². The SMILES string of the molecule is C#CCOc1cc(OC)c(S(=O)(=O)OC(C)C)c(OC)c1. The quantitative estimate of drug-likeness (QED) is 0.565. The first kappa shape index (κ1) is 17.1. The minimum atomic E-state index is -4.03. The summed E-state index contributed by atoms with van der Waals surface area (Å²) in [6.45, 7) is 3.27. The van der Waals surface area contributed by atoms with Crippen LogP contribution >= 0.6 is 0 Å². The molecule has 0 spiro atoms. The van der Waals surface area contributed by atoms with Crippen LogP contribution in [0.3, 0.4) is 0 Å². The van der Waals surface area contributed by atoms with Gasteiger partial charge < -0.3 is 14.2 Å². The van der Waals surface area contributed by atoms with Crippen molar-refractivity contribution in [2.24, 2.45) is 0 Å². The van der Waals surface area contributed by atoms with E-state index in [0.29, 0.717) is 5.75 Å². The topological polar surface area (TPSA) is 71.1 Å². The van der Waals surface area contributed by atoms with Crippen molar-refractivity contribution >= 4 is 10.1 Å². The Morgan fingerprint density at radius 3 is 2.10 bits per heavy atom. The van der Waals surface area contributed by atoms with E-state index in [1.165, 1.54) is 26.4 Å². The Morgan fingerprint density at radius 2 is 1.71 bits per heavy atom. The lowest BCUT2D eigenvalue weighted by molar-refractivity contribution is 0.245. The number of benzene rings is 1. The predicted octanol–water partition coefficient (Wildman–Crippen LogP) is 1.83. The molecule has 6 nitrogen and oxygen atoms in total. The van der Waals surface area contributed by atoms with Crippen LogP contribution in [0.2, 0.25) is 0 Å². The molecule has 0 atom stereocenters. The molecular weight excluding hydrogens is 296 g/mol. The Kier molecular flexibility index (Phi) is 5.88. The van der Waals surface area contributed by atoms with Crippen LogP contribution in [0.25, 0.3) is 0 Å². The molecule has 0 bridgehead atoms. The Morgan fingerprint density at radius 1 is 1.19 bits per heavy atom. The highest BCUT2D eigenvalue weighted by atomic mass is 32.2. The van der Waals surface area contributed by atoms with Gasteiger partial charge in [0.15, 0.2) is 4.90 Å². The second-order valence-corrected chi connectivity index (χ2v) is 5.76. The summed E-state index contributed by atoms with van der Waals surface area (Å²) in [5, 5.41) is 0. The molecule has 1 aromatic rings. The summed E-state index contributed by atoms with van der Waals surface area (Å²) in [6.07, 6.45) is 4.61. The van der Waals surface area contributed by atoms with Gasteiger partial charge in [0.05, 0.1) is 20.3 Å². The molecule has 1 aromatic carbocycles. The summed E-state index contributed by atoms with van der Waals surface area (Å²) in [6, 6.07) is 2.83. The fourth-order valence-electron chi connectivity index (χ4n) is 1.61. The largest absolute Gasteiger partial charge is 0.495 e. The Bertz CT molecular complexity index is 602. The molecular formula is C14H18O6S. The monoisotopic (exact) mass is 314 g/mol. The average Bonchev–Trinajstić information content (AvgIpc) is 2.42. The van der Waals surface area contributed by atoms with E-state index in [2.05, 4.69) is 5.92 Å². The van der Waals surface area contributed by atoms with Crippen LogP contribution in [-0.4, -0.2) is 35.3 Å². The molecule has 0 N–H and O–H groups in total. The first-order valence-electron chi connectivity index (χ1n) is 6.11. The van der Waals surface area contributed by atoms with Crippen molar-refractivity contribution in [1.82, 2.24) is 0 Å². The number of methoxy groups -OCH3 is 2. The zero-order valence-corrected chi connectivity index (χ0v) is 13.2. The van der Waals surface area contributed by atoms with E-state index >= 15 is 0 Å². The molecule has 0 aliphatic rings. The first-order valence-corrected chi connectivity index (χ1v) is 7.52. The van der Waals surface area contributed by atoms with E-state index in [-0.39, 0.29) is 23.0 Å². The van der Waals surface area contributed by atoms with Crippen LogP contribution in [0.1, 0.15) is 13.8 Å². The Labute approximate surface area is 125 Å². The standard InChI is InChI=1S/C14H18O6S/c1-6-7-19-11-8-12(17-4)14(13(9-11)18-5)21(15,16)20-10(2)3/h1,8-10H,7H2,2-5H3. The van der Waals surface area contributed by atoms with Gasteiger partial charge in [-0.3, -0.25) is 4.18 Å². The molecule has 0 fully saturated rings. The number of ether oxygens (including phenoxy) is 3. The number of hydrogen-bond donors (Lipinski definition) is 0. The summed E-state index contributed by atoms with van der Waals surface area (Å²) >= 11 is 0. The highest BCUT2D eigenvalue weighted by molar-refractivity contribution is 7.87. The molecule has 0 saturated heterocycles. The van der Waals surface area contributed by atoms with Crippen molar-refractivity contribution in [2.75, 3.05) is 20.8 Å². The minimum Gasteiger partial charge on any atom is -0.495 e. The second-order valence-electron chi connectivity index (χ2n) is 4.25. The smallest absolute Gasteiger partial charge is 0.304 e. The Balaban J connectivity index is 3.40. The van der Waals surface area contributed by atoms with Crippen LogP contribution in [0, 0.1) is 12.3 Å². The van der Waals surface area contributed by atoms with Gasteiger partial charge in [0.25, 0.3) is 0 Å². The van der Waals surface area contributed by atoms with Crippen LogP contribution in [0.15, 0.2) is 17.0 Å². The maximum absolute atomic E-state index is 12.3. The molecule has 0 saturated carbocycles. The van der Waals surface area contributed by atoms with E-state index in [4.69, 9.17) is 24.8 Å². The second kappa shape index (κ2) is 7.20. The van der Waals surface area contributed by atoms with E-state index in [1.54, 1.807) is 13.8 Å². The lowest BCUT2D eigenvalue weighted by Crippen LogP contribution is -2.14. The molecule has 0 aliphatic carbocycles. The van der Waals surface area contributed by atoms with Gasteiger partial charge >= 0.3 is 10.1 Å². The normalized spacial score (nSPS) is 11.0. The van der Waals surface area contributed by atoms with Crippen LogP contribution in [0.4, 0.5) is 0 Å². The maximum Gasteiger partial charge on any atom is 0.304 e. The highest BCUT2D eigenvalue weighted by Crippen LogP contribution is 2.38. The molecule has 0 aliphatic heterocycles. The van der Waals surface area contributed by atoms with Gasteiger partial charge in [0.2, 0.25) is 0 Å². The van der Waals surface area contributed by atoms with Crippen molar-refractivity contribution in [3.63, 3.8) is 0 Å². The molecule has 1 rings (SSSR count). The Hall–Kier alpha value is -1.91. The fraction of sp³-hybridized carbons (Fsp3) is 0.429. The molecule has 0 heterocycles. The zero-order chi connectivity index (χ0) is 16.0. The molecule has 21 heavy (non-hydrogen) atoms. The third kappa shape index (κ3) is 4.28. The molecule has 0 amide bonds. The zero-order valence-electron chi connectivity index (χ0n) is 12.4. The van der Waals surface area contributed by atoms with Crippen molar-refractivity contribution in [3.8, 4) is 29.6 Å². The highest BCUT2D eigenvalue weighted by Gasteiger charge is 2.28. The average molecular weight is 314 g/mol. The van der Waals surface area contributed by atoms with Crippen LogP contribution in [-0.2, 0) is 14.3 Å². The summed E-state index contributed by atoms with van der Waals surface area (Å²) < 4.78 is 45.0. The van der Waals surface area contributed by atoms with Gasteiger partial charge in [-0.1, -0.05) is 5.92 Å². The molecule has 116 valence electrons. The van der Waals surface area contributed by atoms with E-state index < -0.39 is 16.2 Å². The first-order chi connectivity index (χ1) is 9.85. The van der Waals surface area contributed by atoms with Crippen LogP contribution in [0.5, 0.6) is 17.2 Å². The molecule has 0 radical (unpaired) electrons. The molecule has 0 aromatic heterocycles. The molecule has 0 unspecified atom stereocenters. The fourth-order valence-corrected chi connectivity index (χ4v) is 2.99. The number of terminal acetylenes is 1. The predicted molar refractivity (Wildman–Crippen MR) is 77.3 cm³/mol. The van der Waals surface area contributed by atoms with Gasteiger partial charge in [-0.05, 0) is 13.8 Å². The lowest BCUT2D eigenvalue weighted by Gasteiger charge is -2.16. The van der Waals surface area contributed by atoms with E-state index in [0.717, 1.165) is 0 Å². The number of rotatable bonds is 7. The van der Waals surface area contributed by atoms with E-state index in [1.807, 2.05) is 0 Å². The van der Waals surface area contributed by atoms with Gasteiger partial charge in [-0.2, -0.15) is 8.42 Å². The summed E-state index contributed by atoms with van der Waals surface area (Å²) in [7, 11) is -1.35. The van der Waals surface area contributed by atoms with Gasteiger partial charge in [-0.25, -0.2) is 0 Å². The van der Waals surface area contributed by atoms with Gasteiger partial charge in [0, 0.05) is 12.1 Å². The molecule has 7 heteroatoms. The van der Waals surface area contributed by atoms with Crippen molar-refractivity contribution in [3.05, 3.63) is 12.1 Å². The summed E-state index contributed by atoms with van der Waals surface area (Å²) in [5.74, 6) is 2.77. The lowest BCUT2D eigenvalue weighted by atomic mass is 10.3. The van der Waals surface area contributed by atoms with Crippen molar-refractivity contribution in [1.29, 1.82) is 0 Å². The minimum absolute atomic E-state index is 0.0426. The van der Waals surface area contributed by atoms with Gasteiger partial charge in [-0.15, -0.1) is 6.42 Å².